The van der Waals surface area contributed by atoms with Crippen molar-refractivity contribution in [3.63, 3.8) is 0 Å². The van der Waals surface area contributed by atoms with Gasteiger partial charge < -0.3 is 19.7 Å². The van der Waals surface area contributed by atoms with Crippen LogP contribution < -0.4 is 14.8 Å². The molecule has 0 radical (unpaired) electrons. The number of carbonyl (C=O) groups excluding carboxylic acids is 2. The first-order chi connectivity index (χ1) is 16.9. The van der Waals surface area contributed by atoms with E-state index in [9.17, 15) is 9.59 Å². The molecule has 2 atom stereocenters. The largest absolute Gasteiger partial charge is 0.497 e. The van der Waals surface area contributed by atoms with Gasteiger partial charge in [0.05, 0.1) is 13.2 Å². The average Bonchev–Trinajstić information content (AvgIpc) is 2.88. The highest BCUT2D eigenvalue weighted by Gasteiger charge is 2.32. The van der Waals surface area contributed by atoms with E-state index in [0.717, 1.165) is 23.3 Å². The average molecular weight is 473 g/mol. The van der Waals surface area contributed by atoms with Crippen LogP contribution in [0.4, 0.5) is 5.69 Å². The first kappa shape index (κ1) is 24.3. The van der Waals surface area contributed by atoms with Crippen LogP contribution in [0.2, 0.25) is 0 Å². The van der Waals surface area contributed by atoms with E-state index in [1.54, 1.807) is 38.3 Å². The van der Waals surface area contributed by atoms with Crippen LogP contribution in [0.1, 0.15) is 48.6 Å². The SMILES string of the molecule is CCC(=O)N1CCc2ccc(OC(C)C(=O)Nc3ccc(OC)cc3)cc2C1c1ccc(C)cc1. The Morgan fingerprint density at radius 2 is 1.71 bits per heavy atom. The smallest absolute Gasteiger partial charge is 0.265 e. The molecule has 1 heterocycles. The third-order valence-electron chi connectivity index (χ3n) is 6.40. The number of carbonyl (C=O) groups is 2. The number of benzene rings is 3. The number of nitrogens with one attached hydrogen (secondary N) is 1. The van der Waals surface area contributed by atoms with E-state index in [2.05, 4.69) is 36.5 Å². The lowest BCUT2D eigenvalue weighted by molar-refractivity contribution is -0.133. The maximum absolute atomic E-state index is 12.8. The van der Waals surface area contributed by atoms with Gasteiger partial charge in [-0.2, -0.15) is 0 Å². The molecule has 0 bridgehead atoms. The number of hydrogen-bond acceptors (Lipinski definition) is 4. The molecule has 4 rings (SSSR count). The molecule has 0 aliphatic carbocycles. The topological polar surface area (TPSA) is 67.9 Å². The second kappa shape index (κ2) is 10.6. The van der Waals surface area contributed by atoms with Crippen molar-refractivity contribution >= 4 is 17.5 Å². The molecule has 2 amide bonds. The van der Waals surface area contributed by atoms with Crippen LogP contribution in [-0.2, 0) is 16.0 Å². The summed E-state index contributed by atoms with van der Waals surface area (Å²) >= 11 is 0. The first-order valence-electron chi connectivity index (χ1n) is 12.0. The molecule has 6 nitrogen and oxygen atoms in total. The first-order valence-corrected chi connectivity index (χ1v) is 12.0. The lowest BCUT2D eigenvalue weighted by Crippen LogP contribution is -2.40. The van der Waals surface area contributed by atoms with Gasteiger partial charge in [0.1, 0.15) is 11.5 Å². The van der Waals surface area contributed by atoms with Gasteiger partial charge in [0.2, 0.25) is 5.91 Å². The van der Waals surface area contributed by atoms with E-state index in [-0.39, 0.29) is 17.9 Å². The summed E-state index contributed by atoms with van der Waals surface area (Å²) < 4.78 is 11.2. The lowest BCUT2D eigenvalue weighted by Gasteiger charge is -2.38. The van der Waals surface area contributed by atoms with Crippen molar-refractivity contribution in [1.82, 2.24) is 4.90 Å². The Hall–Kier alpha value is -3.80. The van der Waals surface area contributed by atoms with Crippen LogP contribution in [0.5, 0.6) is 11.5 Å². The number of aryl methyl sites for hydroxylation is 1. The molecule has 2 unspecified atom stereocenters. The zero-order valence-electron chi connectivity index (χ0n) is 20.7. The van der Waals surface area contributed by atoms with Crippen molar-refractivity contribution in [2.45, 2.75) is 45.8 Å². The van der Waals surface area contributed by atoms with Gasteiger partial charge in [0.15, 0.2) is 6.10 Å². The maximum Gasteiger partial charge on any atom is 0.265 e. The minimum atomic E-state index is -0.704. The number of hydrogen-bond donors (Lipinski definition) is 1. The second-order valence-corrected chi connectivity index (χ2v) is 8.84. The lowest BCUT2D eigenvalue weighted by atomic mass is 9.87. The van der Waals surface area contributed by atoms with Gasteiger partial charge in [-0.3, -0.25) is 9.59 Å². The van der Waals surface area contributed by atoms with Crippen molar-refractivity contribution in [1.29, 1.82) is 0 Å². The number of fused-ring (bicyclic) bond motifs is 1. The summed E-state index contributed by atoms with van der Waals surface area (Å²) in [5, 5.41) is 2.87. The Labute approximate surface area is 206 Å². The molecule has 0 spiro atoms. The van der Waals surface area contributed by atoms with Crippen LogP contribution in [0.25, 0.3) is 0 Å². The highest BCUT2D eigenvalue weighted by atomic mass is 16.5. The third-order valence-corrected chi connectivity index (χ3v) is 6.40. The van der Waals surface area contributed by atoms with Crippen molar-refractivity contribution < 1.29 is 19.1 Å². The van der Waals surface area contributed by atoms with Crippen LogP contribution in [-0.4, -0.2) is 36.5 Å². The van der Waals surface area contributed by atoms with E-state index in [1.807, 2.05) is 30.0 Å². The van der Waals surface area contributed by atoms with Crippen molar-refractivity contribution in [2.24, 2.45) is 0 Å². The van der Waals surface area contributed by atoms with Crippen molar-refractivity contribution in [2.75, 3.05) is 19.0 Å². The summed E-state index contributed by atoms with van der Waals surface area (Å²) in [5.41, 5.74) is 5.15. The molecule has 3 aromatic carbocycles. The molecule has 1 N–H and O–H groups in total. The van der Waals surface area contributed by atoms with Gasteiger partial charge in [0.25, 0.3) is 5.91 Å². The Bertz CT molecular complexity index is 1190. The molecule has 3 aromatic rings. The molecule has 0 saturated carbocycles. The normalized spacial score (nSPS) is 15.7. The van der Waals surface area contributed by atoms with E-state index < -0.39 is 6.10 Å². The number of rotatable bonds is 7. The summed E-state index contributed by atoms with van der Waals surface area (Å²) in [6.07, 6.45) is 0.540. The summed E-state index contributed by atoms with van der Waals surface area (Å²) in [4.78, 5) is 27.5. The molecule has 1 aliphatic heterocycles. The van der Waals surface area contributed by atoms with E-state index in [4.69, 9.17) is 9.47 Å². The summed E-state index contributed by atoms with van der Waals surface area (Å²) in [5.74, 6) is 1.20. The molecule has 182 valence electrons. The van der Waals surface area contributed by atoms with Crippen LogP contribution in [0.15, 0.2) is 66.7 Å². The number of anilines is 1. The summed E-state index contributed by atoms with van der Waals surface area (Å²) in [6, 6.07) is 21.2. The van der Waals surface area contributed by atoms with Crippen LogP contribution in [0, 0.1) is 6.92 Å². The monoisotopic (exact) mass is 472 g/mol. The standard InChI is InChI=1S/C29H32N2O4/c1-5-27(32)31-17-16-21-10-13-25(18-26(21)28(31)22-8-6-19(2)7-9-22)35-20(3)29(33)30-23-11-14-24(34-4)15-12-23/h6-15,18,20,28H,5,16-17H2,1-4H3,(H,30,33). The number of nitrogens with zero attached hydrogens (tertiary/aromatic N) is 1. The van der Waals surface area contributed by atoms with Crippen LogP contribution in [0.3, 0.4) is 0 Å². The molecular formula is C29H32N2O4. The highest BCUT2D eigenvalue weighted by Crippen LogP contribution is 2.37. The number of ether oxygens (including phenoxy) is 2. The molecule has 35 heavy (non-hydrogen) atoms. The minimum absolute atomic E-state index is 0.125. The highest BCUT2D eigenvalue weighted by molar-refractivity contribution is 5.94. The van der Waals surface area contributed by atoms with Gasteiger partial charge in [-0.1, -0.05) is 42.8 Å². The molecule has 0 aromatic heterocycles. The Morgan fingerprint density at radius 1 is 1.03 bits per heavy atom. The third kappa shape index (κ3) is 5.48. The minimum Gasteiger partial charge on any atom is -0.497 e. The predicted molar refractivity (Wildman–Crippen MR) is 137 cm³/mol. The van der Waals surface area contributed by atoms with Gasteiger partial charge in [-0.15, -0.1) is 0 Å². The van der Waals surface area contributed by atoms with Gasteiger partial charge in [0, 0.05) is 18.7 Å². The van der Waals surface area contributed by atoms with Crippen LogP contribution >= 0.6 is 0 Å². The number of methoxy groups -OCH3 is 1. The fourth-order valence-corrected chi connectivity index (χ4v) is 4.42. The molecule has 1 aliphatic rings. The van der Waals surface area contributed by atoms with Crippen molar-refractivity contribution in [3.8, 4) is 11.5 Å². The molecule has 0 saturated heterocycles. The van der Waals surface area contributed by atoms with Crippen molar-refractivity contribution in [3.05, 3.63) is 89.0 Å². The van der Waals surface area contributed by atoms with Gasteiger partial charge in [-0.05, 0) is 73.4 Å². The van der Waals surface area contributed by atoms with E-state index >= 15 is 0 Å². The fraction of sp³-hybridized carbons (Fsp3) is 0.310. The molecular weight excluding hydrogens is 440 g/mol. The summed E-state index contributed by atoms with van der Waals surface area (Å²) in [7, 11) is 1.60. The Balaban J connectivity index is 1.57. The Kier molecular flexibility index (Phi) is 7.39. The molecule has 6 heteroatoms. The quantitative estimate of drug-likeness (QED) is 0.507. The van der Waals surface area contributed by atoms with Gasteiger partial charge in [-0.25, -0.2) is 0 Å². The maximum atomic E-state index is 12.8. The zero-order valence-corrected chi connectivity index (χ0v) is 20.7. The summed E-state index contributed by atoms with van der Waals surface area (Å²) in [6.45, 7) is 6.35. The second-order valence-electron chi connectivity index (χ2n) is 8.84. The number of amides is 2. The fourth-order valence-electron chi connectivity index (χ4n) is 4.42. The zero-order chi connectivity index (χ0) is 24.9. The van der Waals surface area contributed by atoms with E-state index in [0.29, 0.717) is 24.4 Å². The van der Waals surface area contributed by atoms with Gasteiger partial charge >= 0.3 is 0 Å². The molecule has 0 fully saturated rings. The predicted octanol–water partition coefficient (Wildman–Crippen LogP) is 5.29. The Morgan fingerprint density at radius 3 is 2.37 bits per heavy atom. The van der Waals surface area contributed by atoms with E-state index in [1.165, 1.54) is 11.1 Å².